The van der Waals surface area contributed by atoms with Crippen molar-refractivity contribution in [3.8, 4) is 5.75 Å². The van der Waals surface area contributed by atoms with Crippen molar-refractivity contribution < 1.29 is 14.3 Å². The summed E-state index contributed by atoms with van der Waals surface area (Å²) in [7, 11) is 1.69. The molecule has 2 heterocycles. The summed E-state index contributed by atoms with van der Waals surface area (Å²) in [6, 6.07) is 10.8. The smallest absolute Gasteiger partial charge is 0.264 e. The topological polar surface area (TPSA) is 74.4 Å². The molecular formula is C19H16ClN3O3. The van der Waals surface area contributed by atoms with E-state index in [0.29, 0.717) is 22.1 Å². The zero-order chi connectivity index (χ0) is 18.3. The number of carbonyl (C=O) groups excluding carboxylic acids is 2. The molecule has 2 N–H and O–H groups in total. The molecule has 132 valence electrons. The number of fused-ring (bicyclic) bond motifs is 2. The third-order valence-corrected chi connectivity index (χ3v) is 4.66. The molecule has 3 aromatic rings. The number of halogens is 1. The van der Waals surface area contributed by atoms with Gasteiger partial charge in [0.25, 0.3) is 5.91 Å². The van der Waals surface area contributed by atoms with Crippen molar-refractivity contribution in [3.05, 3.63) is 53.2 Å². The maximum absolute atomic E-state index is 12.5. The summed E-state index contributed by atoms with van der Waals surface area (Å²) in [5, 5.41) is 4.42. The lowest BCUT2D eigenvalue weighted by Gasteiger charge is -2.27. The summed E-state index contributed by atoms with van der Waals surface area (Å²) in [6.07, 6.45) is 2.00. The van der Waals surface area contributed by atoms with E-state index in [-0.39, 0.29) is 24.8 Å². The normalized spacial score (nSPS) is 13.5. The number of nitrogens with zero attached hydrogens (tertiary/aromatic N) is 1. The second-order valence-corrected chi connectivity index (χ2v) is 6.56. The third kappa shape index (κ3) is 2.88. The molecule has 6 nitrogen and oxygen atoms in total. The van der Waals surface area contributed by atoms with Gasteiger partial charge in [0.1, 0.15) is 0 Å². The van der Waals surface area contributed by atoms with Crippen LogP contribution >= 0.6 is 11.6 Å². The number of anilines is 2. The fourth-order valence-corrected chi connectivity index (χ4v) is 3.24. The molecule has 0 saturated heterocycles. The predicted molar refractivity (Wildman–Crippen MR) is 101 cm³/mol. The monoisotopic (exact) mass is 369 g/mol. The number of carbonyl (C=O) groups is 2. The van der Waals surface area contributed by atoms with Gasteiger partial charge in [0.05, 0.1) is 17.8 Å². The Labute approximate surface area is 154 Å². The van der Waals surface area contributed by atoms with Gasteiger partial charge >= 0.3 is 0 Å². The highest BCUT2D eigenvalue weighted by Crippen LogP contribution is 2.38. The zero-order valence-electron chi connectivity index (χ0n) is 14.0. The fraction of sp³-hybridized carbons (Fsp3) is 0.158. The van der Waals surface area contributed by atoms with Crippen LogP contribution in [0.15, 0.2) is 42.6 Å². The van der Waals surface area contributed by atoms with Crippen LogP contribution in [0.3, 0.4) is 0 Å². The number of hydrogen-bond donors (Lipinski definition) is 2. The van der Waals surface area contributed by atoms with Gasteiger partial charge in [-0.15, -0.1) is 0 Å². The molecule has 4 rings (SSSR count). The lowest BCUT2D eigenvalue weighted by Crippen LogP contribution is -2.35. The molecule has 2 aromatic carbocycles. The Hall–Kier alpha value is -2.99. The summed E-state index contributed by atoms with van der Waals surface area (Å²) in [6.45, 7) is -0.0443. The van der Waals surface area contributed by atoms with Crippen molar-refractivity contribution in [3.63, 3.8) is 0 Å². The highest BCUT2D eigenvalue weighted by Gasteiger charge is 2.25. The maximum Gasteiger partial charge on any atom is 0.264 e. The Morgan fingerprint density at radius 2 is 2.19 bits per heavy atom. The van der Waals surface area contributed by atoms with Crippen LogP contribution in [-0.2, 0) is 16.0 Å². The molecule has 0 aliphatic carbocycles. The third-order valence-electron chi connectivity index (χ3n) is 4.42. The van der Waals surface area contributed by atoms with E-state index in [1.54, 1.807) is 31.3 Å². The Balaban J connectivity index is 1.57. The van der Waals surface area contributed by atoms with Gasteiger partial charge in [-0.3, -0.25) is 9.59 Å². The van der Waals surface area contributed by atoms with Crippen molar-refractivity contribution in [1.29, 1.82) is 0 Å². The number of H-pyrrole nitrogens is 1. The number of nitrogens with one attached hydrogen (secondary N) is 2. The fourth-order valence-electron chi connectivity index (χ4n) is 3.07. The predicted octanol–water partition coefficient (Wildman–Crippen LogP) is 3.36. The van der Waals surface area contributed by atoms with Gasteiger partial charge in [-0.05, 0) is 35.9 Å². The molecule has 1 aliphatic rings. The maximum atomic E-state index is 12.5. The molecule has 0 radical (unpaired) electrons. The van der Waals surface area contributed by atoms with Crippen molar-refractivity contribution in [1.82, 2.24) is 4.98 Å². The number of para-hydroxylation sites is 1. The lowest BCUT2D eigenvalue weighted by atomic mass is 10.1. The van der Waals surface area contributed by atoms with Gasteiger partial charge in [0.2, 0.25) is 5.91 Å². The highest BCUT2D eigenvalue weighted by atomic mass is 35.5. The van der Waals surface area contributed by atoms with Gasteiger partial charge < -0.3 is 19.9 Å². The van der Waals surface area contributed by atoms with Gasteiger partial charge in [0, 0.05) is 29.2 Å². The molecule has 1 aromatic heterocycles. The Bertz CT molecular complexity index is 1030. The summed E-state index contributed by atoms with van der Waals surface area (Å²) in [4.78, 5) is 29.0. The molecule has 0 atom stereocenters. The first-order valence-corrected chi connectivity index (χ1v) is 8.48. The quantitative estimate of drug-likeness (QED) is 0.743. The Morgan fingerprint density at radius 1 is 1.35 bits per heavy atom. The zero-order valence-corrected chi connectivity index (χ0v) is 14.8. The number of aromatic nitrogens is 1. The first-order chi connectivity index (χ1) is 12.5. The van der Waals surface area contributed by atoms with E-state index >= 15 is 0 Å². The number of aromatic amines is 1. The second-order valence-electron chi connectivity index (χ2n) is 6.12. The molecule has 0 bridgehead atoms. The molecule has 0 spiro atoms. The van der Waals surface area contributed by atoms with Gasteiger partial charge in [0.15, 0.2) is 12.4 Å². The second kappa shape index (κ2) is 6.38. The van der Waals surface area contributed by atoms with Gasteiger partial charge in [-0.25, -0.2) is 0 Å². The van der Waals surface area contributed by atoms with Crippen molar-refractivity contribution in [2.24, 2.45) is 0 Å². The van der Waals surface area contributed by atoms with E-state index in [9.17, 15) is 9.59 Å². The number of likely N-dealkylation sites (N-methyl/N-ethyl adjacent to an activating group) is 1. The van der Waals surface area contributed by atoms with Crippen LogP contribution in [0.5, 0.6) is 5.75 Å². The first kappa shape index (κ1) is 16.5. The molecule has 7 heteroatoms. The average Bonchev–Trinajstić information content (AvgIpc) is 3.00. The lowest BCUT2D eigenvalue weighted by molar-refractivity contribution is -0.121. The summed E-state index contributed by atoms with van der Waals surface area (Å²) in [5.41, 5.74) is 2.97. The van der Waals surface area contributed by atoms with Crippen LogP contribution in [-0.4, -0.2) is 30.5 Å². The van der Waals surface area contributed by atoms with Crippen LogP contribution in [0, 0.1) is 0 Å². The molecule has 0 unspecified atom stereocenters. The van der Waals surface area contributed by atoms with Crippen LogP contribution < -0.4 is 15.0 Å². The minimum atomic E-state index is -0.178. The highest BCUT2D eigenvalue weighted by molar-refractivity contribution is 6.31. The van der Waals surface area contributed by atoms with Crippen LogP contribution in [0.25, 0.3) is 10.9 Å². The average molecular weight is 370 g/mol. The molecule has 0 fully saturated rings. The molecule has 1 aliphatic heterocycles. The van der Waals surface area contributed by atoms with Crippen LogP contribution in [0.1, 0.15) is 5.56 Å². The SMILES string of the molecule is CN1C(=O)COc2c(NC(=O)Cc3c[nH]c4ccc(Cl)cc34)cccc21. The minimum Gasteiger partial charge on any atom is -0.479 e. The largest absolute Gasteiger partial charge is 0.479 e. The number of ether oxygens (including phenoxy) is 1. The molecular weight excluding hydrogens is 354 g/mol. The minimum absolute atomic E-state index is 0.0443. The Morgan fingerprint density at radius 3 is 3.04 bits per heavy atom. The van der Waals surface area contributed by atoms with Crippen molar-refractivity contribution in [2.45, 2.75) is 6.42 Å². The number of amides is 2. The van der Waals surface area contributed by atoms with Crippen molar-refractivity contribution in [2.75, 3.05) is 23.9 Å². The van der Waals surface area contributed by atoms with E-state index < -0.39 is 0 Å². The van der Waals surface area contributed by atoms with Gasteiger partial charge in [-0.1, -0.05) is 17.7 Å². The summed E-state index contributed by atoms with van der Waals surface area (Å²) < 4.78 is 5.53. The number of rotatable bonds is 3. The Kier molecular flexibility index (Phi) is 4.05. The first-order valence-electron chi connectivity index (χ1n) is 8.10. The van der Waals surface area contributed by atoms with E-state index in [1.807, 2.05) is 18.3 Å². The standard InChI is InChI=1S/C19H16ClN3O3/c1-23-16-4-2-3-15(19(16)26-10-18(23)25)22-17(24)7-11-9-21-14-6-5-12(20)8-13(11)14/h2-6,8-9,21H,7,10H2,1H3,(H,22,24). The summed E-state index contributed by atoms with van der Waals surface area (Å²) >= 11 is 6.06. The van der Waals surface area contributed by atoms with Crippen LogP contribution in [0.2, 0.25) is 5.02 Å². The van der Waals surface area contributed by atoms with E-state index in [2.05, 4.69) is 10.3 Å². The molecule has 26 heavy (non-hydrogen) atoms. The van der Waals surface area contributed by atoms with E-state index in [1.165, 1.54) is 4.90 Å². The summed E-state index contributed by atoms with van der Waals surface area (Å²) in [5.74, 6) is 0.198. The van der Waals surface area contributed by atoms with Crippen molar-refractivity contribution >= 4 is 45.7 Å². The van der Waals surface area contributed by atoms with E-state index in [0.717, 1.165) is 16.5 Å². The molecule has 0 saturated carbocycles. The number of hydrogen-bond acceptors (Lipinski definition) is 3. The van der Waals surface area contributed by atoms with Gasteiger partial charge in [-0.2, -0.15) is 0 Å². The van der Waals surface area contributed by atoms with E-state index in [4.69, 9.17) is 16.3 Å². The molecule has 2 amide bonds. The van der Waals surface area contributed by atoms with Crippen LogP contribution in [0.4, 0.5) is 11.4 Å². The number of benzene rings is 2.